The molecule has 1 aliphatic heterocycles. The fourth-order valence-electron chi connectivity index (χ4n) is 2.71. The van der Waals surface area contributed by atoms with Gasteiger partial charge in [0, 0.05) is 12.6 Å². The Labute approximate surface area is 94.3 Å². The third-order valence-corrected chi connectivity index (χ3v) is 3.99. The fraction of sp³-hybridized carbons (Fsp3) is 0.889. The van der Waals surface area contributed by atoms with Crippen molar-refractivity contribution >= 4 is 16.2 Å². The van der Waals surface area contributed by atoms with Crippen molar-refractivity contribution in [3.63, 3.8) is 0 Å². The monoisotopic (exact) mass is 249 g/mol. The van der Waals surface area contributed by atoms with Gasteiger partial charge in [0.15, 0.2) is 0 Å². The van der Waals surface area contributed by atoms with Gasteiger partial charge in [-0.15, -0.1) is 0 Å². The molecule has 2 rings (SSSR count). The third-order valence-electron chi connectivity index (χ3n) is 3.43. The lowest BCUT2D eigenvalue weighted by Crippen LogP contribution is -2.40. The Bertz CT molecular complexity index is 393. The van der Waals surface area contributed by atoms with Gasteiger partial charge in [-0.2, -0.15) is 8.42 Å². The first kappa shape index (κ1) is 11.7. The Balaban J connectivity index is 1.89. The molecule has 1 saturated carbocycles. The highest BCUT2D eigenvalue weighted by Crippen LogP contribution is 2.42. The van der Waals surface area contributed by atoms with Gasteiger partial charge in [-0.3, -0.25) is 4.18 Å². The summed E-state index contributed by atoms with van der Waals surface area (Å²) in [6, 6.07) is 0.0515. The van der Waals surface area contributed by atoms with Crippen LogP contribution in [0.2, 0.25) is 0 Å². The van der Waals surface area contributed by atoms with Gasteiger partial charge in [-0.25, -0.2) is 4.79 Å². The van der Waals surface area contributed by atoms with Crippen molar-refractivity contribution in [3.8, 4) is 0 Å². The lowest BCUT2D eigenvalue weighted by atomic mass is 9.96. The Morgan fingerprint density at radius 1 is 1.50 bits per heavy atom. The maximum atomic E-state index is 10.8. The maximum absolute atomic E-state index is 10.8. The summed E-state index contributed by atoms with van der Waals surface area (Å²) in [5.74, 6) is 0.429. The summed E-state index contributed by atoms with van der Waals surface area (Å²) in [4.78, 5) is 12.3. The van der Waals surface area contributed by atoms with Crippen LogP contribution in [-0.2, 0) is 14.3 Å². The van der Waals surface area contributed by atoms with Crippen molar-refractivity contribution in [1.82, 2.24) is 4.90 Å². The van der Waals surface area contributed by atoms with Crippen LogP contribution in [0.4, 0.5) is 4.79 Å². The number of fused-ring (bicyclic) bond motifs is 2. The van der Waals surface area contributed by atoms with E-state index in [0.717, 1.165) is 12.7 Å². The second-order valence-electron chi connectivity index (χ2n) is 4.57. The van der Waals surface area contributed by atoms with E-state index < -0.39 is 16.2 Å². The van der Waals surface area contributed by atoms with E-state index in [4.69, 9.17) is 9.29 Å². The Morgan fingerprint density at radius 2 is 2.19 bits per heavy atom. The Morgan fingerprint density at radius 3 is 2.62 bits per heavy atom. The summed E-state index contributed by atoms with van der Waals surface area (Å²) in [7, 11) is -3.39. The van der Waals surface area contributed by atoms with E-state index in [1.54, 1.807) is 0 Å². The van der Waals surface area contributed by atoms with Gasteiger partial charge in [-0.05, 0) is 24.7 Å². The molecule has 1 heterocycles. The standard InChI is InChI=1S/C9H15NO5S/c1-16(13,14)15-5-7-3-8-2-6(7)4-10(8)9(11)12/h6-8H,2-5H2,1H3,(H,11,12). The van der Waals surface area contributed by atoms with Crippen LogP contribution in [0.1, 0.15) is 12.8 Å². The van der Waals surface area contributed by atoms with Gasteiger partial charge in [0.1, 0.15) is 0 Å². The number of carboxylic acid groups (broad SMARTS) is 1. The first-order valence-electron chi connectivity index (χ1n) is 5.21. The van der Waals surface area contributed by atoms with Crippen LogP contribution >= 0.6 is 0 Å². The molecule has 7 heteroatoms. The molecule has 1 saturated heterocycles. The molecule has 3 unspecified atom stereocenters. The first-order chi connectivity index (χ1) is 7.37. The van der Waals surface area contributed by atoms with Crippen LogP contribution in [0.25, 0.3) is 0 Å². The minimum absolute atomic E-state index is 0.0515. The number of nitrogens with zero attached hydrogens (tertiary/aromatic N) is 1. The van der Waals surface area contributed by atoms with Gasteiger partial charge < -0.3 is 10.0 Å². The van der Waals surface area contributed by atoms with Crippen molar-refractivity contribution in [2.24, 2.45) is 11.8 Å². The van der Waals surface area contributed by atoms with Crippen molar-refractivity contribution in [3.05, 3.63) is 0 Å². The molecule has 0 radical (unpaired) electrons. The van der Waals surface area contributed by atoms with E-state index in [9.17, 15) is 13.2 Å². The maximum Gasteiger partial charge on any atom is 0.407 e. The van der Waals surface area contributed by atoms with Crippen LogP contribution in [0.15, 0.2) is 0 Å². The van der Waals surface area contributed by atoms with Gasteiger partial charge in [0.2, 0.25) is 0 Å². The summed E-state index contributed by atoms with van der Waals surface area (Å²) >= 11 is 0. The lowest BCUT2D eigenvalue weighted by Gasteiger charge is -2.28. The van der Waals surface area contributed by atoms with Gasteiger partial charge in [0.25, 0.3) is 10.1 Å². The van der Waals surface area contributed by atoms with E-state index >= 15 is 0 Å². The van der Waals surface area contributed by atoms with Gasteiger partial charge >= 0.3 is 6.09 Å². The predicted octanol–water partition coefficient (Wildman–Crippen LogP) is 0.351. The SMILES string of the molecule is CS(=O)(=O)OCC1CC2CC1CN2C(=O)O. The van der Waals surface area contributed by atoms with E-state index in [2.05, 4.69) is 0 Å². The average molecular weight is 249 g/mol. The quantitative estimate of drug-likeness (QED) is 0.730. The number of hydrogen-bond acceptors (Lipinski definition) is 4. The number of likely N-dealkylation sites (tertiary alicyclic amines) is 1. The Hall–Kier alpha value is -0.820. The summed E-state index contributed by atoms with van der Waals surface area (Å²) in [6.45, 7) is 0.700. The van der Waals surface area contributed by atoms with Crippen LogP contribution in [0, 0.1) is 11.8 Å². The molecule has 0 aromatic heterocycles. The summed E-state index contributed by atoms with van der Waals surface area (Å²) < 4.78 is 26.4. The second-order valence-corrected chi connectivity index (χ2v) is 6.21. The summed E-state index contributed by atoms with van der Waals surface area (Å²) in [5, 5.41) is 8.88. The molecule has 0 aromatic rings. The predicted molar refractivity (Wildman–Crippen MR) is 55.5 cm³/mol. The van der Waals surface area contributed by atoms with Crippen LogP contribution in [0.5, 0.6) is 0 Å². The van der Waals surface area contributed by atoms with E-state index in [1.165, 1.54) is 4.90 Å². The average Bonchev–Trinajstić information content (AvgIpc) is 2.71. The topological polar surface area (TPSA) is 83.9 Å². The molecule has 2 aliphatic rings. The molecule has 3 atom stereocenters. The number of hydrogen-bond donors (Lipinski definition) is 1. The minimum Gasteiger partial charge on any atom is -0.465 e. The van der Waals surface area contributed by atoms with E-state index in [0.29, 0.717) is 13.0 Å². The summed E-state index contributed by atoms with van der Waals surface area (Å²) in [6.07, 6.45) is 1.70. The molecule has 1 N–H and O–H groups in total. The van der Waals surface area contributed by atoms with Crippen LogP contribution < -0.4 is 0 Å². The van der Waals surface area contributed by atoms with Crippen molar-refractivity contribution in [2.75, 3.05) is 19.4 Å². The number of amides is 1. The van der Waals surface area contributed by atoms with Gasteiger partial charge in [-0.1, -0.05) is 0 Å². The van der Waals surface area contributed by atoms with Crippen molar-refractivity contribution in [2.45, 2.75) is 18.9 Å². The largest absolute Gasteiger partial charge is 0.465 e. The molecule has 0 aromatic carbocycles. The molecular formula is C9H15NO5S. The molecule has 6 nitrogen and oxygen atoms in total. The molecule has 0 spiro atoms. The smallest absolute Gasteiger partial charge is 0.407 e. The third kappa shape index (κ3) is 2.30. The van der Waals surface area contributed by atoms with Crippen molar-refractivity contribution in [1.29, 1.82) is 0 Å². The molecule has 16 heavy (non-hydrogen) atoms. The summed E-state index contributed by atoms with van der Waals surface area (Å²) in [5.41, 5.74) is 0. The zero-order chi connectivity index (χ0) is 11.9. The first-order valence-corrected chi connectivity index (χ1v) is 7.02. The number of carbonyl (C=O) groups is 1. The highest BCUT2D eigenvalue weighted by atomic mass is 32.2. The van der Waals surface area contributed by atoms with Crippen molar-refractivity contribution < 1.29 is 22.5 Å². The molecular weight excluding hydrogens is 234 g/mol. The molecule has 1 amide bonds. The lowest BCUT2D eigenvalue weighted by molar-refractivity contribution is 0.108. The van der Waals surface area contributed by atoms with E-state index in [1.807, 2.05) is 0 Å². The highest BCUT2D eigenvalue weighted by Gasteiger charge is 2.46. The highest BCUT2D eigenvalue weighted by molar-refractivity contribution is 7.85. The molecule has 92 valence electrons. The fourth-order valence-corrected chi connectivity index (χ4v) is 3.13. The zero-order valence-corrected chi connectivity index (χ0v) is 9.81. The number of rotatable bonds is 3. The molecule has 1 aliphatic carbocycles. The minimum atomic E-state index is -3.39. The normalized spacial score (nSPS) is 33.3. The van der Waals surface area contributed by atoms with Gasteiger partial charge in [0.05, 0.1) is 12.9 Å². The van der Waals surface area contributed by atoms with Crippen LogP contribution in [0.3, 0.4) is 0 Å². The van der Waals surface area contributed by atoms with E-state index in [-0.39, 0.29) is 24.5 Å². The zero-order valence-electron chi connectivity index (χ0n) is 9.00. The Kier molecular flexibility index (Phi) is 2.83. The molecule has 2 bridgehead atoms. The van der Waals surface area contributed by atoms with Crippen LogP contribution in [-0.4, -0.2) is 50.0 Å². The second kappa shape index (κ2) is 3.89. The molecule has 2 fully saturated rings. The number of piperidine rings is 1.